The molecular weight excluding hydrogens is 346 g/mol. The molecule has 4 heteroatoms. The topological polar surface area (TPSA) is 35.6 Å². The lowest BCUT2D eigenvalue weighted by atomic mass is 9.96. The largest absolute Gasteiger partial charge is 0.385 e. The summed E-state index contributed by atoms with van der Waals surface area (Å²) in [5, 5.41) is 3.60. The number of anilines is 1. The van der Waals surface area contributed by atoms with Crippen molar-refractivity contribution in [3.05, 3.63) is 65.2 Å². The Bertz CT molecular complexity index is 785. The van der Waals surface area contributed by atoms with E-state index >= 15 is 0 Å². The first-order valence-corrected chi connectivity index (χ1v) is 10.7. The average Bonchev–Trinajstić information content (AvgIpc) is 3.01. The molecule has 1 N–H and O–H groups in total. The van der Waals surface area contributed by atoms with Gasteiger partial charge in [-0.05, 0) is 37.2 Å². The smallest absolute Gasteiger partial charge is 0.255 e. The highest BCUT2D eigenvalue weighted by atomic mass is 16.2. The molecular formula is C24H33N3O. The van der Waals surface area contributed by atoms with Crippen molar-refractivity contribution in [3.63, 3.8) is 0 Å². The SMILES string of the molecule is CCCCNc1ccccc1C1c2ccccc2C(=O)N1CCN(CC)CC. The van der Waals surface area contributed by atoms with Crippen LogP contribution in [0.15, 0.2) is 48.5 Å². The van der Waals surface area contributed by atoms with Gasteiger partial charge in [0.15, 0.2) is 0 Å². The number of benzene rings is 2. The van der Waals surface area contributed by atoms with Crippen LogP contribution in [0.4, 0.5) is 5.69 Å². The third-order valence-corrected chi connectivity index (χ3v) is 5.71. The van der Waals surface area contributed by atoms with Gasteiger partial charge in [-0.3, -0.25) is 4.79 Å². The predicted octanol–water partition coefficient (Wildman–Crippen LogP) is 4.79. The summed E-state index contributed by atoms with van der Waals surface area (Å²) < 4.78 is 0. The van der Waals surface area contributed by atoms with Gasteiger partial charge in [0.1, 0.15) is 0 Å². The van der Waals surface area contributed by atoms with E-state index in [1.807, 2.05) is 18.2 Å². The van der Waals surface area contributed by atoms with Gasteiger partial charge in [-0.1, -0.05) is 63.6 Å². The summed E-state index contributed by atoms with van der Waals surface area (Å²) in [5.74, 6) is 0.149. The zero-order chi connectivity index (χ0) is 19.9. The van der Waals surface area contributed by atoms with Crippen LogP contribution in [-0.2, 0) is 0 Å². The van der Waals surface area contributed by atoms with E-state index in [2.05, 4.69) is 66.2 Å². The second kappa shape index (κ2) is 9.74. The van der Waals surface area contributed by atoms with E-state index in [-0.39, 0.29) is 11.9 Å². The molecule has 1 atom stereocenters. The molecule has 0 aliphatic carbocycles. The molecule has 0 aromatic heterocycles. The van der Waals surface area contributed by atoms with Gasteiger partial charge in [0.05, 0.1) is 6.04 Å². The van der Waals surface area contributed by atoms with Gasteiger partial charge >= 0.3 is 0 Å². The van der Waals surface area contributed by atoms with Crippen molar-refractivity contribution in [2.75, 3.05) is 38.0 Å². The lowest BCUT2D eigenvalue weighted by Gasteiger charge is -2.30. The Kier molecular flexibility index (Phi) is 7.10. The minimum Gasteiger partial charge on any atom is -0.385 e. The maximum absolute atomic E-state index is 13.2. The first kappa shape index (κ1) is 20.4. The van der Waals surface area contributed by atoms with Crippen molar-refractivity contribution in [3.8, 4) is 0 Å². The minimum atomic E-state index is -0.0235. The molecule has 0 spiro atoms. The maximum Gasteiger partial charge on any atom is 0.255 e. The highest BCUT2D eigenvalue weighted by molar-refractivity contribution is 6.00. The first-order valence-electron chi connectivity index (χ1n) is 10.7. The molecule has 0 saturated heterocycles. The van der Waals surface area contributed by atoms with Crippen LogP contribution in [0, 0.1) is 0 Å². The Morgan fingerprint density at radius 3 is 2.36 bits per heavy atom. The number of hydrogen-bond donors (Lipinski definition) is 1. The third kappa shape index (κ3) is 4.22. The molecule has 0 saturated carbocycles. The molecule has 3 rings (SSSR count). The molecule has 0 radical (unpaired) electrons. The van der Waals surface area contributed by atoms with E-state index in [0.717, 1.165) is 62.4 Å². The van der Waals surface area contributed by atoms with Crippen LogP contribution >= 0.6 is 0 Å². The number of nitrogens with zero attached hydrogens (tertiary/aromatic N) is 2. The molecule has 150 valence electrons. The molecule has 0 fully saturated rings. The molecule has 1 unspecified atom stereocenters. The van der Waals surface area contributed by atoms with Crippen LogP contribution in [0.5, 0.6) is 0 Å². The molecule has 1 amide bonds. The fraction of sp³-hybridized carbons (Fsp3) is 0.458. The molecule has 28 heavy (non-hydrogen) atoms. The fourth-order valence-electron chi connectivity index (χ4n) is 4.02. The van der Waals surface area contributed by atoms with E-state index in [1.54, 1.807) is 0 Å². The predicted molar refractivity (Wildman–Crippen MR) is 117 cm³/mol. The lowest BCUT2D eigenvalue weighted by Crippen LogP contribution is -2.37. The molecule has 1 aliphatic rings. The van der Waals surface area contributed by atoms with Gasteiger partial charge in [0.2, 0.25) is 0 Å². The monoisotopic (exact) mass is 379 g/mol. The van der Waals surface area contributed by atoms with Gasteiger partial charge in [0.25, 0.3) is 5.91 Å². The molecule has 0 bridgehead atoms. The zero-order valence-corrected chi connectivity index (χ0v) is 17.4. The van der Waals surface area contributed by atoms with Crippen molar-refractivity contribution in [2.24, 2.45) is 0 Å². The summed E-state index contributed by atoms with van der Waals surface area (Å²) in [4.78, 5) is 17.7. The fourth-order valence-corrected chi connectivity index (χ4v) is 4.02. The Hall–Kier alpha value is -2.33. The van der Waals surface area contributed by atoms with E-state index in [0.29, 0.717) is 0 Å². The van der Waals surface area contributed by atoms with Crippen LogP contribution in [0.3, 0.4) is 0 Å². The van der Waals surface area contributed by atoms with Crippen LogP contribution in [0.2, 0.25) is 0 Å². The Morgan fingerprint density at radius 1 is 0.964 bits per heavy atom. The molecule has 1 heterocycles. The summed E-state index contributed by atoms with van der Waals surface area (Å²) >= 11 is 0. The highest BCUT2D eigenvalue weighted by Crippen LogP contribution is 2.40. The summed E-state index contributed by atoms with van der Waals surface area (Å²) in [6, 6.07) is 16.5. The summed E-state index contributed by atoms with van der Waals surface area (Å²) in [6.07, 6.45) is 2.30. The number of para-hydroxylation sites is 1. The van der Waals surface area contributed by atoms with Crippen molar-refractivity contribution >= 4 is 11.6 Å². The minimum absolute atomic E-state index is 0.0235. The number of unbranched alkanes of at least 4 members (excludes halogenated alkanes) is 1. The number of carbonyl (C=O) groups is 1. The maximum atomic E-state index is 13.2. The highest BCUT2D eigenvalue weighted by Gasteiger charge is 2.38. The molecule has 4 nitrogen and oxygen atoms in total. The summed E-state index contributed by atoms with van der Waals surface area (Å²) in [6.45, 7) is 11.2. The Balaban J connectivity index is 1.94. The molecule has 1 aliphatic heterocycles. The number of carbonyl (C=O) groups excluding carboxylic acids is 1. The van der Waals surface area contributed by atoms with Gasteiger partial charge in [-0.15, -0.1) is 0 Å². The van der Waals surface area contributed by atoms with E-state index in [4.69, 9.17) is 0 Å². The number of fused-ring (bicyclic) bond motifs is 1. The van der Waals surface area contributed by atoms with Crippen LogP contribution in [-0.4, -0.2) is 48.4 Å². The lowest BCUT2D eigenvalue weighted by molar-refractivity contribution is 0.0730. The van der Waals surface area contributed by atoms with Crippen LogP contribution < -0.4 is 5.32 Å². The molecule has 2 aromatic rings. The standard InChI is InChI=1S/C24H33N3O/c1-4-7-16-25-22-15-11-10-14-21(22)23-19-12-8-9-13-20(19)24(28)27(23)18-17-26(5-2)6-3/h8-15,23,25H,4-7,16-18H2,1-3H3. The van der Waals surface area contributed by atoms with Gasteiger partial charge in [0, 0.05) is 36.4 Å². The van der Waals surface area contributed by atoms with Crippen molar-refractivity contribution in [2.45, 2.75) is 39.7 Å². The first-order chi connectivity index (χ1) is 13.7. The van der Waals surface area contributed by atoms with Crippen LogP contribution in [0.1, 0.15) is 61.1 Å². The summed E-state index contributed by atoms with van der Waals surface area (Å²) in [5.41, 5.74) is 4.29. The number of nitrogens with one attached hydrogen (secondary N) is 1. The van der Waals surface area contributed by atoms with E-state index in [1.165, 1.54) is 5.56 Å². The van der Waals surface area contributed by atoms with Gasteiger partial charge in [-0.25, -0.2) is 0 Å². The van der Waals surface area contributed by atoms with Gasteiger partial charge < -0.3 is 15.1 Å². The third-order valence-electron chi connectivity index (χ3n) is 5.71. The molecule has 2 aromatic carbocycles. The quantitative estimate of drug-likeness (QED) is 0.603. The summed E-state index contributed by atoms with van der Waals surface area (Å²) in [7, 11) is 0. The van der Waals surface area contributed by atoms with Crippen molar-refractivity contribution in [1.29, 1.82) is 0 Å². The van der Waals surface area contributed by atoms with E-state index in [9.17, 15) is 4.79 Å². The number of hydrogen-bond acceptors (Lipinski definition) is 3. The zero-order valence-electron chi connectivity index (χ0n) is 17.4. The average molecular weight is 380 g/mol. The number of amides is 1. The second-order valence-electron chi connectivity index (χ2n) is 7.38. The van der Waals surface area contributed by atoms with Gasteiger partial charge in [-0.2, -0.15) is 0 Å². The normalized spacial score (nSPS) is 15.9. The second-order valence-corrected chi connectivity index (χ2v) is 7.38. The van der Waals surface area contributed by atoms with E-state index < -0.39 is 0 Å². The van der Waals surface area contributed by atoms with Crippen LogP contribution in [0.25, 0.3) is 0 Å². The number of likely N-dealkylation sites (N-methyl/N-ethyl adjacent to an activating group) is 1. The van der Waals surface area contributed by atoms with Crippen molar-refractivity contribution in [1.82, 2.24) is 9.80 Å². The van der Waals surface area contributed by atoms with Crippen molar-refractivity contribution < 1.29 is 4.79 Å². The Morgan fingerprint density at radius 2 is 1.64 bits per heavy atom. The number of rotatable bonds is 10. The Labute approximate surface area is 169 Å².